The summed E-state index contributed by atoms with van der Waals surface area (Å²) in [7, 11) is 1.71. The van der Waals surface area contributed by atoms with Gasteiger partial charge in [0.05, 0.1) is 12.1 Å². The molecule has 2 aromatic carbocycles. The lowest BCUT2D eigenvalue weighted by atomic mass is 9.85. The zero-order chi connectivity index (χ0) is 26.2. The number of likely N-dealkylation sites (tertiary alicyclic amines) is 1. The van der Waals surface area contributed by atoms with Gasteiger partial charge in [0.25, 0.3) is 5.91 Å². The highest BCUT2D eigenvalue weighted by Gasteiger charge is 2.49. The average molecular weight is 497 g/mol. The van der Waals surface area contributed by atoms with Crippen LogP contribution in [0.4, 0.5) is 4.39 Å². The van der Waals surface area contributed by atoms with Crippen LogP contribution < -0.4 is 16.0 Å². The first kappa shape index (κ1) is 26.1. The summed E-state index contributed by atoms with van der Waals surface area (Å²) in [5, 5.41) is 10.0. The standard InChI is InChI=1S/C28H37FN4O3/c1-16(30-5)25(34)32-24(28(2,3)4)27(36)33-15-14-17-10-13-22(23(17)33)31-26(35)20-11-12-21(29)19-9-7-6-8-18(19)20/h6-9,11-12,16-17,22-24,30H,10,13-15H2,1-5H3,(H,31,35)(H,32,34)/t16-,17+,22?,23-,24+/m0/s1. The molecule has 1 aliphatic heterocycles. The number of hydrogen-bond acceptors (Lipinski definition) is 4. The summed E-state index contributed by atoms with van der Waals surface area (Å²) in [5.41, 5.74) is -0.0601. The number of benzene rings is 2. The molecule has 1 heterocycles. The Morgan fingerprint density at radius 1 is 1.03 bits per heavy atom. The molecule has 0 spiro atoms. The van der Waals surface area contributed by atoms with Crippen LogP contribution in [-0.4, -0.2) is 60.4 Å². The first-order valence-electron chi connectivity index (χ1n) is 12.8. The summed E-state index contributed by atoms with van der Waals surface area (Å²) >= 11 is 0. The van der Waals surface area contributed by atoms with Crippen molar-refractivity contribution in [1.82, 2.24) is 20.9 Å². The van der Waals surface area contributed by atoms with Crippen molar-refractivity contribution in [1.29, 1.82) is 0 Å². The van der Waals surface area contributed by atoms with Crippen molar-refractivity contribution in [3.63, 3.8) is 0 Å². The first-order valence-corrected chi connectivity index (χ1v) is 12.8. The molecule has 2 aliphatic rings. The predicted molar refractivity (Wildman–Crippen MR) is 138 cm³/mol. The van der Waals surface area contributed by atoms with Crippen LogP contribution >= 0.6 is 0 Å². The van der Waals surface area contributed by atoms with E-state index in [2.05, 4.69) is 16.0 Å². The second kappa shape index (κ2) is 10.2. The van der Waals surface area contributed by atoms with E-state index in [0.29, 0.717) is 28.8 Å². The van der Waals surface area contributed by atoms with Crippen molar-refractivity contribution < 1.29 is 18.8 Å². The fourth-order valence-electron chi connectivity index (χ4n) is 5.64. The van der Waals surface area contributed by atoms with Crippen LogP contribution in [0.3, 0.4) is 0 Å². The lowest BCUT2D eigenvalue weighted by Gasteiger charge is -2.38. The van der Waals surface area contributed by atoms with E-state index >= 15 is 0 Å². The molecule has 194 valence electrons. The Balaban J connectivity index is 1.55. The second-order valence-electron chi connectivity index (χ2n) is 11.2. The molecule has 0 bridgehead atoms. The average Bonchev–Trinajstić information content (AvgIpc) is 3.44. The SMILES string of the molecule is CN[C@@H](C)C(=O)N[C@H](C(=O)N1CC[C@H]2CCC(NC(=O)c3ccc(F)c4ccccc34)[C@H]21)C(C)(C)C. The maximum atomic E-state index is 14.3. The molecule has 7 nitrogen and oxygen atoms in total. The molecule has 2 fully saturated rings. The van der Waals surface area contributed by atoms with E-state index in [0.717, 1.165) is 19.3 Å². The van der Waals surface area contributed by atoms with Crippen molar-refractivity contribution in [2.75, 3.05) is 13.6 Å². The molecule has 2 aromatic rings. The van der Waals surface area contributed by atoms with E-state index in [4.69, 9.17) is 0 Å². The number of carbonyl (C=O) groups excluding carboxylic acids is 3. The number of carbonyl (C=O) groups is 3. The molecule has 1 saturated carbocycles. The van der Waals surface area contributed by atoms with E-state index in [1.165, 1.54) is 12.1 Å². The van der Waals surface area contributed by atoms with E-state index in [9.17, 15) is 18.8 Å². The second-order valence-corrected chi connectivity index (χ2v) is 11.2. The van der Waals surface area contributed by atoms with Gasteiger partial charge in [0, 0.05) is 23.5 Å². The summed E-state index contributed by atoms with van der Waals surface area (Å²) < 4.78 is 14.3. The number of nitrogens with one attached hydrogen (secondary N) is 3. The third-order valence-corrected chi connectivity index (χ3v) is 7.79. The van der Waals surface area contributed by atoms with Gasteiger partial charge >= 0.3 is 0 Å². The maximum Gasteiger partial charge on any atom is 0.252 e. The van der Waals surface area contributed by atoms with Crippen molar-refractivity contribution in [2.24, 2.45) is 11.3 Å². The van der Waals surface area contributed by atoms with Crippen LogP contribution in [0.5, 0.6) is 0 Å². The highest BCUT2D eigenvalue weighted by atomic mass is 19.1. The Hall–Kier alpha value is -3.00. The van der Waals surface area contributed by atoms with Gasteiger partial charge in [0.1, 0.15) is 11.9 Å². The normalized spacial score (nSPS) is 23.3. The molecular formula is C28H37FN4O3. The van der Waals surface area contributed by atoms with Crippen LogP contribution in [0.25, 0.3) is 10.8 Å². The van der Waals surface area contributed by atoms with Crippen LogP contribution in [0.1, 0.15) is 57.3 Å². The Labute approximate surface area is 212 Å². The summed E-state index contributed by atoms with van der Waals surface area (Å²) in [6.07, 6.45) is 2.57. The molecule has 3 amide bonds. The Bertz CT molecular complexity index is 1160. The highest BCUT2D eigenvalue weighted by Crippen LogP contribution is 2.39. The number of halogens is 1. The van der Waals surface area contributed by atoms with E-state index in [1.807, 2.05) is 25.7 Å². The van der Waals surface area contributed by atoms with E-state index < -0.39 is 17.5 Å². The fourth-order valence-corrected chi connectivity index (χ4v) is 5.64. The highest BCUT2D eigenvalue weighted by molar-refractivity contribution is 6.07. The van der Waals surface area contributed by atoms with Gasteiger partial charge in [-0.25, -0.2) is 4.39 Å². The molecule has 3 N–H and O–H groups in total. The zero-order valence-electron chi connectivity index (χ0n) is 21.7. The fraction of sp³-hybridized carbons (Fsp3) is 0.536. The smallest absolute Gasteiger partial charge is 0.252 e. The first-order chi connectivity index (χ1) is 17.0. The van der Waals surface area contributed by atoms with Crippen molar-refractivity contribution >= 4 is 28.5 Å². The summed E-state index contributed by atoms with van der Waals surface area (Å²) in [6.45, 7) is 8.19. The zero-order valence-corrected chi connectivity index (χ0v) is 21.7. The molecular weight excluding hydrogens is 459 g/mol. The summed E-state index contributed by atoms with van der Waals surface area (Å²) in [4.78, 5) is 41.7. The van der Waals surface area contributed by atoms with Crippen molar-refractivity contribution in [2.45, 2.75) is 71.1 Å². The molecule has 5 atom stereocenters. The van der Waals surface area contributed by atoms with Crippen molar-refractivity contribution in [3.05, 3.63) is 47.8 Å². The van der Waals surface area contributed by atoms with Gasteiger partial charge in [-0.15, -0.1) is 0 Å². The molecule has 4 rings (SSSR count). The summed E-state index contributed by atoms with van der Waals surface area (Å²) in [6, 6.07) is 8.36. The third kappa shape index (κ3) is 4.96. The molecule has 1 unspecified atom stereocenters. The molecule has 0 radical (unpaired) electrons. The molecule has 36 heavy (non-hydrogen) atoms. The lowest BCUT2D eigenvalue weighted by Crippen LogP contribution is -2.60. The van der Waals surface area contributed by atoms with Gasteiger partial charge in [-0.2, -0.15) is 0 Å². The van der Waals surface area contributed by atoms with E-state index in [1.54, 1.807) is 38.2 Å². The monoisotopic (exact) mass is 496 g/mol. The number of rotatable bonds is 6. The van der Waals surface area contributed by atoms with Gasteiger partial charge in [0.2, 0.25) is 11.8 Å². The van der Waals surface area contributed by atoms with Gasteiger partial charge in [-0.1, -0.05) is 45.0 Å². The minimum Gasteiger partial charge on any atom is -0.347 e. The van der Waals surface area contributed by atoms with Gasteiger partial charge in [-0.3, -0.25) is 14.4 Å². The number of likely N-dealkylation sites (N-methyl/N-ethyl adjacent to an activating group) is 1. The maximum absolute atomic E-state index is 14.3. The molecule has 0 aromatic heterocycles. The van der Waals surface area contributed by atoms with Gasteiger partial charge in [-0.05, 0) is 62.1 Å². The van der Waals surface area contributed by atoms with E-state index in [-0.39, 0.29) is 35.6 Å². The Kier molecular flexibility index (Phi) is 7.36. The molecule has 1 saturated heterocycles. The van der Waals surface area contributed by atoms with Gasteiger partial charge < -0.3 is 20.9 Å². The minimum absolute atomic E-state index is 0.111. The van der Waals surface area contributed by atoms with Crippen LogP contribution in [0.2, 0.25) is 0 Å². The number of fused-ring (bicyclic) bond motifs is 2. The quantitative estimate of drug-likeness (QED) is 0.573. The van der Waals surface area contributed by atoms with Crippen LogP contribution in [-0.2, 0) is 9.59 Å². The Morgan fingerprint density at radius 2 is 1.72 bits per heavy atom. The van der Waals surface area contributed by atoms with Gasteiger partial charge in [0.15, 0.2) is 0 Å². The summed E-state index contributed by atoms with van der Waals surface area (Å²) in [5.74, 6) is -0.657. The topological polar surface area (TPSA) is 90.5 Å². The molecule has 8 heteroatoms. The predicted octanol–water partition coefficient (Wildman–Crippen LogP) is 3.23. The van der Waals surface area contributed by atoms with Crippen LogP contribution in [0, 0.1) is 17.2 Å². The number of hydrogen-bond donors (Lipinski definition) is 3. The molecule has 1 aliphatic carbocycles. The third-order valence-electron chi connectivity index (χ3n) is 7.79. The number of amides is 3. The lowest BCUT2D eigenvalue weighted by molar-refractivity contribution is -0.141. The van der Waals surface area contributed by atoms with Crippen molar-refractivity contribution in [3.8, 4) is 0 Å². The van der Waals surface area contributed by atoms with Crippen LogP contribution in [0.15, 0.2) is 36.4 Å². The minimum atomic E-state index is -0.683. The number of nitrogens with zero attached hydrogens (tertiary/aromatic N) is 1. The largest absolute Gasteiger partial charge is 0.347 e. The Morgan fingerprint density at radius 3 is 2.39 bits per heavy atom.